The van der Waals surface area contributed by atoms with E-state index in [1.54, 1.807) is 6.20 Å². The van der Waals surface area contributed by atoms with Crippen LogP contribution in [0.2, 0.25) is 0 Å². The largest absolute Gasteiger partial charge is 0.397 e. The number of likely N-dealkylation sites (N-methyl/N-ethyl adjacent to an activating group) is 1. The lowest BCUT2D eigenvalue weighted by atomic mass is 10.1. The first-order chi connectivity index (χ1) is 8.72. The summed E-state index contributed by atoms with van der Waals surface area (Å²) >= 11 is 0. The van der Waals surface area contributed by atoms with Crippen LogP contribution in [0.1, 0.15) is 6.92 Å². The van der Waals surface area contributed by atoms with Gasteiger partial charge < -0.3 is 16.0 Å². The van der Waals surface area contributed by atoms with Gasteiger partial charge in [-0.15, -0.1) is 0 Å². The molecule has 0 bridgehead atoms. The normalized spacial score (nSPS) is 11.1. The van der Waals surface area contributed by atoms with Crippen molar-refractivity contribution in [2.75, 3.05) is 37.7 Å². The molecule has 0 saturated carbocycles. The summed E-state index contributed by atoms with van der Waals surface area (Å²) in [5, 5.41) is 5.51. The topological polar surface area (TPSA) is 54.2 Å². The Morgan fingerprint density at radius 2 is 2.17 bits per heavy atom. The van der Waals surface area contributed by atoms with E-state index in [2.05, 4.69) is 29.2 Å². The van der Waals surface area contributed by atoms with Crippen LogP contribution in [0.15, 0.2) is 30.6 Å². The third-order valence-electron chi connectivity index (χ3n) is 3.21. The van der Waals surface area contributed by atoms with Gasteiger partial charge in [0.15, 0.2) is 0 Å². The fraction of sp³-hybridized carbons (Fsp3) is 0.357. The summed E-state index contributed by atoms with van der Waals surface area (Å²) in [7, 11) is 2.11. The number of fused-ring (bicyclic) bond motifs is 1. The molecule has 0 spiro atoms. The maximum Gasteiger partial charge on any atom is 0.0630 e. The monoisotopic (exact) mass is 244 g/mol. The van der Waals surface area contributed by atoms with E-state index >= 15 is 0 Å². The second kappa shape index (κ2) is 5.69. The smallest absolute Gasteiger partial charge is 0.0630 e. The van der Waals surface area contributed by atoms with Gasteiger partial charge in [-0.1, -0.05) is 13.0 Å². The molecule has 0 atom stereocenters. The van der Waals surface area contributed by atoms with Gasteiger partial charge in [0.2, 0.25) is 0 Å². The molecular formula is C14H20N4. The lowest BCUT2D eigenvalue weighted by molar-refractivity contribution is 0.367. The van der Waals surface area contributed by atoms with Crippen LogP contribution in [0.5, 0.6) is 0 Å². The molecule has 1 heterocycles. The first kappa shape index (κ1) is 12.6. The van der Waals surface area contributed by atoms with Crippen molar-refractivity contribution in [3.05, 3.63) is 30.6 Å². The molecule has 0 aliphatic heterocycles. The van der Waals surface area contributed by atoms with Gasteiger partial charge in [0.05, 0.1) is 11.4 Å². The molecule has 0 saturated heterocycles. The van der Waals surface area contributed by atoms with Crippen LogP contribution in [-0.4, -0.2) is 36.6 Å². The Morgan fingerprint density at radius 1 is 1.33 bits per heavy atom. The molecule has 2 aromatic rings. The predicted octanol–water partition coefficient (Wildman–Crippen LogP) is 2.18. The van der Waals surface area contributed by atoms with Gasteiger partial charge in [-0.2, -0.15) is 0 Å². The Balaban J connectivity index is 2.12. The van der Waals surface area contributed by atoms with E-state index in [1.807, 2.05) is 24.4 Å². The molecule has 0 amide bonds. The molecule has 1 aromatic heterocycles. The van der Waals surface area contributed by atoms with Crippen molar-refractivity contribution < 1.29 is 0 Å². The predicted molar refractivity (Wildman–Crippen MR) is 77.8 cm³/mol. The summed E-state index contributed by atoms with van der Waals surface area (Å²) in [5.74, 6) is 0. The van der Waals surface area contributed by atoms with Crippen LogP contribution in [0.4, 0.5) is 11.4 Å². The van der Waals surface area contributed by atoms with Crippen molar-refractivity contribution in [1.82, 2.24) is 9.88 Å². The molecule has 3 N–H and O–H groups in total. The molecular weight excluding hydrogens is 224 g/mol. The molecule has 0 radical (unpaired) electrons. The summed E-state index contributed by atoms with van der Waals surface area (Å²) in [6.45, 7) is 5.10. The highest BCUT2D eigenvalue weighted by Gasteiger charge is 2.04. The lowest BCUT2D eigenvalue weighted by Crippen LogP contribution is -2.24. The molecule has 2 rings (SSSR count). The zero-order valence-electron chi connectivity index (χ0n) is 11.0. The van der Waals surface area contributed by atoms with Crippen molar-refractivity contribution in [2.45, 2.75) is 6.92 Å². The maximum atomic E-state index is 6.16. The summed E-state index contributed by atoms with van der Waals surface area (Å²) in [6.07, 6.45) is 3.60. The first-order valence-electron chi connectivity index (χ1n) is 6.27. The van der Waals surface area contributed by atoms with Crippen molar-refractivity contribution >= 4 is 22.1 Å². The standard InChI is InChI=1S/C14H20N4/c1-3-18(2)9-8-17-13-5-4-11-10-16-7-6-12(11)14(13)15/h4-7,10,17H,3,8-9,15H2,1-2H3. The fourth-order valence-electron chi connectivity index (χ4n) is 1.89. The molecule has 0 aliphatic carbocycles. The number of nitrogens with two attached hydrogens (primary N) is 1. The Kier molecular flexibility index (Phi) is 3.99. The maximum absolute atomic E-state index is 6.16. The molecule has 1 aromatic carbocycles. The number of pyridine rings is 1. The molecule has 4 heteroatoms. The van der Waals surface area contributed by atoms with E-state index in [0.717, 1.165) is 41.8 Å². The SMILES string of the molecule is CCN(C)CCNc1ccc2cnccc2c1N. The lowest BCUT2D eigenvalue weighted by Gasteiger charge is -2.16. The van der Waals surface area contributed by atoms with Gasteiger partial charge in [-0.25, -0.2) is 0 Å². The van der Waals surface area contributed by atoms with Crippen LogP contribution in [0, 0.1) is 0 Å². The van der Waals surface area contributed by atoms with Crippen LogP contribution in [-0.2, 0) is 0 Å². The van der Waals surface area contributed by atoms with E-state index in [-0.39, 0.29) is 0 Å². The zero-order chi connectivity index (χ0) is 13.0. The minimum absolute atomic E-state index is 0.800. The van der Waals surface area contributed by atoms with Crippen LogP contribution in [0.3, 0.4) is 0 Å². The minimum atomic E-state index is 0.800. The number of anilines is 2. The highest BCUT2D eigenvalue weighted by atomic mass is 15.1. The number of aromatic nitrogens is 1. The van der Waals surface area contributed by atoms with Gasteiger partial charge in [-0.05, 0) is 25.7 Å². The molecule has 4 nitrogen and oxygen atoms in total. The number of nitrogens with one attached hydrogen (secondary N) is 1. The molecule has 96 valence electrons. The minimum Gasteiger partial charge on any atom is -0.397 e. The first-order valence-corrected chi connectivity index (χ1v) is 6.27. The van der Waals surface area contributed by atoms with Crippen LogP contribution >= 0.6 is 0 Å². The Morgan fingerprint density at radius 3 is 2.94 bits per heavy atom. The number of nitrogens with zero attached hydrogens (tertiary/aromatic N) is 2. The number of nitrogen functional groups attached to an aromatic ring is 1. The van der Waals surface area contributed by atoms with E-state index in [9.17, 15) is 0 Å². The average Bonchev–Trinajstić information content (AvgIpc) is 2.41. The van der Waals surface area contributed by atoms with Crippen molar-refractivity contribution in [1.29, 1.82) is 0 Å². The van der Waals surface area contributed by atoms with Crippen LogP contribution in [0.25, 0.3) is 10.8 Å². The third-order valence-corrected chi connectivity index (χ3v) is 3.21. The van der Waals surface area contributed by atoms with E-state index in [4.69, 9.17) is 5.73 Å². The number of benzene rings is 1. The Bertz CT molecular complexity index is 524. The summed E-state index contributed by atoms with van der Waals surface area (Å²) < 4.78 is 0. The fourth-order valence-corrected chi connectivity index (χ4v) is 1.89. The number of hydrogen-bond acceptors (Lipinski definition) is 4. The van der Waals surface area contributed by atoms with E-state index in [1.165, 1.54) is 0 Å². The highest BCUT2D eigenvalue weighted by molar-refractivity contribution is 5.98. The molecule has 0 unspecified atom stereocenters. The molecule has 0 aliphatic rings. The second-order valence-electron chi connectivity index (χ2n) is 4.45. The van der Waals surface area contributed by atoms with E-state index < -0.39 is 0 Å². The summed E-state index contributed by atoms with van der Waals surface area (Å²) in [5.41, 5.74) is 7.96. The Labute approximate surface area is 108 Å². The molecule has 0 fully saturated rings. The average molecular weight is 244 g/mol. The summed E-state index contributed by atoms with van der Waals surface area (Å²) in [6, 6.07) is 6.02. The number of hydrogen-bond donors (Lipinski definition) is 2. The van der Waals surface area contributed by atoms with Crippen molar-refractivity contribution in [3.63, 3.8) is 0 Å². The van der Waals surface area contributed by atoms with Crippen molar-refractivity contribution in [3.8, 4) is 0 Å². The van der Waals surface area contributed by atoms with Gasteiger partial charge in [-0.3, -0.25) is 4.98 Å². The van der Waals surface area contributed by atoms with Crippen molar-refractivity contribution in [2.24, 2.45) is 0 Å². The van der Waals surface area contributed by atoms with E-state index in [0.29, 0.717) is 0 Å². The second-order valence-corrected chi connectivity index (χ2v) is 4.45. The zero-order valence-corrected chi connectivity index (χ0v) is 11.0. The number of rotatable bonds is 5. The van der Waals surface area contributed by atoms with Gasteiger partial charge in [0.1, 0.15) is 0 Å². The molecule has 18 heavy (non-hydrogen) atoms. The third kappa shape index (κ3) is 2.71. The highest BCUT2D eigenvalue weighted by Crippen LogP contribution is 2.27. The van der Waals surface area contributed by atoms with Crippen LogP contribution < -0.4 is 11.1 Å². The quantitative estimate of drug-likeness (QED) is 0.792. The Hall–Kier alpha value is -1.81. The van der Waals surface area contributed by atoms with Gasteiger partial charge >= 0.3 is 0 Å². The van der Waals surface area contributed by atoms with Gasteiger partial charge in [0.25, 0.3) is 0 Å². The van der Waals surface area contributed by atoms with Gasteiger partial charge in [0, 0.05) is 36.3 Å². The summed E-state index contributed by atoms with van der Waals surface area (Å²) in [4.78, 5) is 6.36.